The molecule has 0 amide bonds. The highest BCUT2D eigenvalue weighted by molar-refractivity contribution is 9.10. The van der Waals surface area contributed by atoms with Crippen molar-refractivity contribution in [3.8, 4) is 0 Å². The fourth-order valence-electron chi connectivity index (χ4n) is 1.04. The molecule has 0 radical (unpaired) electrons. The van der Waals surface area contributed by atoms with Gasteiger partial charge in [0.1, 0.15) is 10.1 Å². The van der Waals surface area contributed by atoms with E-state index >= 15 is 0 Å². The molecule has 2 aromatic heterocycles. The molecule has 2 aromatic rings. The molecule has 0 fully saturated rings. The fraction of sp³-hybridized carbons (Fsp3) is 0.200. The Morgan fingerprint density at radius 1 is 1.40 bits per heavy atom. The maximum absolute atomic E-state index is 11.5. The number of halogens is 2. The van der Waals surface area contributed by atoms with Crippen LogP contribution in [-0.2, 0) is 0 Å². The normalized spacial score (nSPS) is 9.60. The van der Waals surface area contributed by atoms with Crippen molar-refractivity contribution in [1.29, 1.82) is 0 Å². The van der Waals surface area contributed by atoms with E-state index in [1.807, 2.05) is 13.8 Å². The summed E-state index contributed by atoms with van der Waals surface area (Å²) in [6, 6.07) is 5.28. The molecule has 3 nitrogen and oxygen atoms in total. The van der Waals surface area contributed by atoms with Crippen LogP contribution in [0.25, 0.3) is 5.65 Å². The Bertz CT molecular complexity index is 524. The summed E-state index contributed by atoms with van der Waals surface area (Å²) in [5.74, 6) is 0. The Kier molecular flexibility index (Phi) is 4.29. The van der Waals surface area contributed by atoms with Crippen LogP contribution in [0.4, 0.5) is 0 Å². The van der Waals surface area contributed by atoms with Gasteiger partial charge in [-0.2, -0.15) is 0 Å². The summed E-state index contributed by atoms with van der Waals surface area (Å²) in [5.41, 5.74) is 0.344. The van der Waals surface area contributed by atoms with Gasteiger partial charge in [-0.15, -0.1) is 0 Å². The number of fused-ring (bicyclic) bond motifs is 1. The van der Waals surface area contributed by atoms with E-state index < -0.39 is 0 Å². The first kappa shape index (κ1) is 12.2. The molecule has 0 bridgehead atoms. The van der Waals surface area contributed by atoms with Crippen molar-refractivity contribution >= 4 is 33.2 Å². The van der Waals surface area contributed by atoms with Crippen LogP contribution in [0.5, 0.6) is 0 Å². The van der Waals surface area contributed by atoms with Crippen LogP contribution >= 0.6 is 27.5 Å². The molecule has 0 aliphatic carbocycles. The lowest BCUT2D eigenvalue weighted by molar-refractivity contribution is 1.03. The van der Waals surface area contributed by atoms with Gasteiger partial charge in [0.25, 0.3) is 5.56 Å². The highest BCUT2D eigenvalue weighted by atomic mass is 79.9. The summed E-state index contributed by atoms with van der Waals surface area (Å²) in [7, 11) is 0. The number of aromatic nitrogens is 2. The van der Waals surface area contributed by atoms with E-state index in [0.717, 1.165) is 0 Å². The van der Waals surface area contributed by atoms with E-state index in [1.165, 1.54) is 4.40 Å². The van der Waals surface area contributed by atoms with Gasteiger partial charge in [-0.25, -0.2) is 4.98 Å². The molecule has 0 aliphatic rings. The van der Waals surface area contributed by atoms with E-state index in [1.54, 1.807) is 24.4 Å². The molecular weight excluding hydrogens is 279 g/mol. The second-order valence-corrected chi connectivity index (χ2v) is 3.60. The highest BCUT2D eigenvalue weighted by Crippen LogP contribution is 2.15. The Morgan fingerprint density at radius 3 is 2.73 bits per heavy atom. The minimum Gasteiger partial charge on any atom is -0.268 e. The molecule has 5 heteroatoms. The third kappa shape index (κ3) is 2.38. The molecule has 0 saturated carbocycles. The first-order valence-electron chi connectivity index (χ1n) is 4.52. The number of pyridine rings is 1. The molecule has 0 aliphatic heterocycles. The summed E-state index contributed by atoms with van der Waals surface area (Å²) < 4.78 is 1.72. The summed E-state index contributed by atoms with van der Waals surface area (Å²) in [6.45, 7) is 4.00. The van der Waals surface area contributed by atoms with Gasteiger partial charge in [-0.1, -0.05) is 31.5 Å². The Hall–Kier alpha value is -0.870. The molecule has 0 spiro atoms. The molecular formula is C10H10BrClN2O. The maximum Gasteiger partial charge on any atom is 0.273 e. The van der Waals surface area contributed by atoms with Crippen molar-refractivity contribution < 1.29 is 0 Å². The highest BCUT2D eigenvalue weighted by Gasteiger charge is 2.06. The zero-order valence-electron chi connectivity index (χ0n) is 8.37. The second-order valence-electron chi connectivity index (χ2n) is 2.45. The number of nitrogens with zero attached hydrogens (tertiary/aromatic N) is 2. The van der Waals surface area contributed by atoms with E-state index in [2.05, 4.69) is 20.9 Å². The molecule has 0 unspecified atom stereocenters. The zero-order chi connectivity index (χ0) is 11.4. The molecule has 80 valence electrons. The third-order valence-corrected chi connectivity index (χ3v) is 2.86. The van der Waals surface area contributed by atoms with Gasteiger partial charge in [0.15, 0.2) is 5.15 Å². The van der Waals surface area contributed by atoms with Gasteiger partial charge in [-0.05, 0) is 28.1 Å². The van der Waals surface area contributed by atoms with Gasteiger partial charge >= 0.3 is 0 Å². The second kappa shape index (κ2) is 5.28. The molecule has 0 saturated heterocycles. The van der Waals surface area contributed by atoms with Gasteiger partial charge in [0, 0.05) is 6.20 Å². The first-order chi connectivity index (χ1) is 7.20. The lowest BCUT2D eigenvalue weighted by atomic mass is 10.4. The minimum absolute atomic E-state index is 0.191. The average molecular weight is 290 g/mol. The van der Waals surface area contributed by atoms with Crippen LogP contribution in [0.1, 0.15) is 13.8 Å². The number of hydrogen-bond acceptors (Lipinski definition) is 2. The Labute approximate surface area is 101 Å². The Balaban J connectivity index is 0.000000531. The molecule has 0 aromatic carbocycles. The molecule has 0 atom stereocenters. The van der Waals surface area contributed by atoms with Gasteiger partial charge in [-0.3, -0.25) is 9.20 Å². The van der Waals surface area contributed by atoms with Gasteiger partial charge in [0.05, 0.1) is 0 Å². The maximum atomic E-state index is 11.5. The zero-order valence-corrected chi connectivity index (χ0v) is 10.7. The van der Waals surface area contributed by atoms with Crippen molar-refractivity contribution in [2.45, 2.75) is 13.8 Å². The van der Waals surface area contributed by atoms with Crippen molar-refractivity contribution in [1.82, 2.24) is 9.38 Å². The summed E-state index contributed by atoms with van der Waals surface area (Å²) >= 11 is 8.79. The topological polar surface area (TPSA) is 34.4 Å². The monoisotopic (exact) mass is 288 g/mol. The predicted molar refractivity (Wildman–Crippen MR) is 65.5 cm³/mol. The van der Waals surface area contributed by atoms with Gasteiger partial charge < -0.3 is 0 Å². The minimum atomic E-state index is -0.199. The van der Waals surface area contributed by atoms with Crippen molar-refractivity contribution in [2.24, 2.45) is 0 Å². The molecule has 2 heterocycles. The van der Waals surface area contributed by atoms with E-state index in [0.29, 0.717) is 5.65 Å². The van der Waals surface area contributed by atoms with E-state index in [-0.39, 0.29) is 15.2 Å². The van der Waals surface area contributed by atoms with Crippen LogP contribution < -0.4 is 5.56 Å². The summed E-state index contributed by atoms with van der Waals surface area (Å²) in [6.07, 6.45) is 1.64. The number of rotatable bonds is 0. The van der Waals surface area contributed by atoms with E-state index in [4.69, 9.17) is 11.6 Å². The summed E-state index contributed by atoms with van der Waals surface area (Å²) in [4.78, 5) is 15.6. The molecule has 2 rings (SSSR count). The van der Waals surface area contributed by atoms with Gasteiger partial charge in [0.2, 0.25) is 0 Å². The quantitative estimate of drug-likeness (QED) is 0.698. The summed E-state index contributed by atoms with van der Waals surface area (Å²) in [5, 5.41) is 0.191. The third-order valence-electron chi connectivity index (χ3n) is 1.64. The standard InChI is InChI=1S/C8H4BrClN2O.C2H6/c9-6-7(10)11-5-3-1-2-4-12(5)8(6)13;1-2/h1-4H;1-2H3. The van der Waals surface area contributed by atoms with Crippen LogP contribution in [-0.4, -0.2) is 9.38 Å². The Morgan fingerprint density at radius 2 is 2.07 bits per heavy atom. The van der Waals surface area contributed by atoms with Crippen LogP contribution in [0.15, 0.2) is 33.7 Å². The smallest absolute Gasteiger partial charge is 0.268 e. The SMILES string of the molecule is CC.O=c1c(Br)c(Cl)nc2ccccn12. The molecule has 15 heavy (non-hydrogen) atoms. The van der Waals surface area contributed by atoms with Crippen LogP contribution in [0.2, 0.25) is 5.15 Å². The van der Waals surface area contributed by atoms with Crippen molar-refractivity contribution in [3.63, 3.8) is 0 Å². The average Bonchev–Trinajstić information content (AvgIpc) is 2.29. The lowest BCUT2D eigenvalue weighted by Gasteiger charge is -2.00. The van der Waals surface area contributed by atoms with Crippen molar-refractivity contribution in [2.75, 3.05) is 0 Å². The predicted octanol–water partition coefficient (Wildman–Crippen LogP) is 3.14. The lowest BCUT2D eigenvalue weighted by Crippen LogP contribution is -2.15. The van der Waals surface area contributed by atoms with Crippen LogP contribution in [0, 0.1) is 0 Å². The van der Waals surface area contributed by atoms with Crippen LogP contribution in [0.3, 0.4) is 0 Å². The number of hydrogen-bond donors (Lipinski definition) is 0. The van der Waals surface area contributed by atoms with Crippen molar-refractivity contribution in [3.05, 3.63) is 44.4 Å². The first-order valence-corrected chi connectivity index (χ1v) is 5.69. The van der Waals surface area contributed by atoms with E-state index in [9.17, 15) is 4.79 Å². The molecule has 0 N–H and O–H groups in total. The largest absolute Gasteiger partial charge is 0.273 e. The fourth-order valence-corrected chi connectivity index (χ4v) is 1.49.